The van der Waals surface area contributed by atoms with Crippen LogP contribution in [0.5, 0.6) is 0 Å². The van der Waals surface area contributed by atoms with E-state index in [-0.39, 0.29) is 6.61 Å². The first-order valence-corrected chi connectivity index (χ1v) is 10.8. The number of benzene rings is 1. The van der Waals surface area contributed by atoms with Crippen LogP contribution in [0.4, 0.5) is 15.3 Å². The number of thiophene rings is 1. The Bertz CT molecular complexity index is 970. The smallest absolute Gasteiger partial charge is 0.408 e. The summed E-state index contributed by atoms with van der Waals surface area (Å²) in [4.78, 5) is 41.2. The van der Waals surface area contributed by atoms with Crippen molar-refractivity contribution in [3.05, 3.63) is 52.2 Å². The summed E-state index contributed by atoms with van der Waals surface area (Å²) < 4.78 is 10.6. The lowest BCUT2D eigenvalue weighted by atomic mass is 9.82. The van der Waals surface area contributed by atoms with Gasteiger partial charge in [-0.05, 0) is 45.2 Å². The number of amides is 3. The largest absolute Gasteiger partial charge is 0.450 e. The molecule has 8 nitrogen and oxygen atoms in total. The van der Waals surface area contributed by atoms with Crippen molar-refractivity contribution in [2.75, 3.05) is 18.6 Å². The van der Waals surface area contributed by atoms with E-state index < -0.39 is 35.3 Å². The van der Waals surface area contributed by atoms with Crippen LogP contribution in [0.15, 0.2) is 41.8 Å². The Hall–Kier alpha value is -3.07. The van der Waals surface area contributed by atoms with Gasteiger partial charge in [0.1, 0.15) is 11.6 Å². The molecule has 3 amide bonds. The number of alkyl carbamates (subject to hydrolysis) is 2. The maximum atomic E-state index is 13.7. The third-order valence-corrected chi connectivity index (χ3v) is 5.77. The summed E-state index contributed by atoms with van der Waals surface area (Å²) >= 11 is 1.36. The van der Waals surface area contributed by atoms with Crippen LogP contribution in [-0.2, 0) is 19.8 Å². The van der Waals surface area contributed by atoms with Crippen molar-refractivity contribution >= 4 is 35.1 Å². The molecule has 0 aliphatic carbocycles. The van der Waals surface area contributed by atoms with Crippen molar-refractivity contribution < 1.29 is 23.9 Å². The van der Waals surface area contributed by atoms with Gasteiger partial charge in [-0.25, -0.2) is 9.59 Å². The van der Waals surface area contributed by atoms with Crippen LogP contribution in [0.2, 0.25) is 0 Å². The summed E-state index contributed by atoms with van der Waals surface area (Å²) in [7, 11) is 1.63. The summed E-state index contributed by atoms with van der Waals surface area (Å²) in [5, 5.41) is 7.44. The number of likely N-dealkylation sites (N-methyl/N-ethyl adjacent to an activating group) is 1. The van der Waals surface area contributed by atoms with Crippen LogP contribution in [-0.4, -0.2) is 37.3 Å². The number of hydrogen-bond acceptors (Lipinski definition) is 6. The minimum absolute atomic E-state index is 0.136. The molecular formula is C22H27N3O5S. The quantitative estimate of drug-likeness (QED) is 0.727. The molecule has 31 heavy (non-hydrogen) atoms. The number of carbonyl (C=O) groups is 3. The Morgan fingerprint density at radius 2 is 1.87 bits per heavy atom. The van der Waals surface area contributed by atoms with Crippen molar-refractivity contribution in [2.45, 2.75) is 44.9 Å². The van der Waals surface area contributed by atoms with Crippen LogP contribution in [0.1, 0.15) is 44.2 Å². The van der Waals surface area contributed by atoms with Gasteiger partial charge in [0.2, 0.25) is 0 Å². The highest BCUT2D eigenvalue weighted by Gasteiger charge is 2.58. The van der Waals surface area contributed by atoms with E-state index in [4.69, 9.17) is 9.47 Å². The van der Waals surface area contributed by atoms with Crippen molar-refractivity contribution in [3.8, 4) is 0 Å². The average Bonchev–Trinajstić information content (AvgIpc) is 3.28. The zero-order chi connectivity index (χ0) is 22.8. The monoisotopic (exact) mass is 445 g/mol. The third kappa shape index (κ3) is 4.36. The lowest BCUT2D eigenvalue weighted by molar-refractivity contribution is -0.125. The molecule has 3 rings (SSSR count). The molecule has 0 saturated heterocycles. The Morgan fingerprint density at radius 3 is 2.48 bits per heavy atom. The fourth-order valence-corrected chi connectivity index (χ4v) is 4.51. The van der Waals surface area contributed by atoms with Gasteiger partial charge in [-0.2, -0.15) is 0 Å². The summed E-state index contributed by atoms with van der Waals surface area (Å²) in [5.41, 5.74) is -1.15. The predicted molar refractivity (Wildman–Crippen MR) is 118 cm³/mol. The number of nitrogens with one attached hydrogen (secondary N) is 2. The first kappa shape index (κ1) is 22.6. The molecule has 1 aliphatic heterocycles. The molecule has 0 saturated carbocycles. The molecule has 2 N–H and O–H groups in total. The fraction of sp³-hybridized carbons (Fsp3) is 0.409. The van der Waals surface area contributed by atoms with Gasteiger partial charge in [-0.3, -0.25) is 4.79 Å². The van der Waals surface area contributed by atoms with E-state index in [1.807, 2.05) is 17.5 Å². The van der Waals surface area contributed by atoms with Crippen LogP contribution in [0.3, 0.4) is 0 Å². The molecule has 0 bridgehead atoms. The van der Waals surface area contributed by atoms with Crippen molar-refractivity contribution in [3.63, 3.8) is 0 Å². The summed E-state index contributed by atoms with van der Waals surface area (Å²) in [6.45, 7) is 7.07. The number of anilines is 1. The maximum absolute atomic E-state index is 13.7. The lowest BCUT2D eigenvalue weighted by Crippen LogP contribution is -2.60. The molecule has 1 aliphatic rings. The highest BCUT2D eigenvalue weighted by atomic mass is 32.1. The van der Waals surface area contributed by atoms with Crippen molar-refractivity contribution in [1.29, 1.82) is 0 Å². The Labute approximate surface area is 185 Å². The third-order valence-electron chi connectivity index (χ3n) is 4.83. The standard InChI is InChI=1S/C22H27N3O5S/c1-6-29-20(28)24-22(14-10-7-8-11-15(14)25(5)18(22)26)17(16-12-9-13-31-16)23-19(27)30-21(2,3)4/h7-13,17H,6H2,1-5H3,(H,23,27)(H,24,28)/t17-,22-/m0/s1. The van der Waals surface area contributed by atoms with E-state index in [0.29, 0.717) is 16.1 Å². The molecule has 1 aromatic heterocycles. The molecule has 9 heteroatoms. The molecule has 0 spiro atoms. The van der Waals surface area contributed by atoms with Crippen LogP contribution in [0.25, 0.3) is 0 Å². The molecule has 2 aromatic rings. The van der Waals surface area contributed by atoms with E-state index in [1.54, 1.807) is 59.0 Å². The molecule has 2 atom stereocenters. The molecule has 2 heterocycles. The molecule has 0 unspecified atom stereocenters. The highest BCUT2D eigenvalue weighted by Crippen LogP contribution is 2.47. The minimum atomic E-state index is -1.61. The molecule has 1 aromatic carbocycles. The van der Waals surface area contributed by atoms with Crippen molar-refractivity contribution in [1.82, 2.24) is 10.6 Å². The van der Waals surface area contributed by atoms with Crippen LogP contribution in [0, 0.1) is 0 Å². The maximum Gasteiger partial charge on any atom is 0.408 e. The number of ether oxygens (including phenoxy) is 2. The van der Waals surface area contributed by atoms with Crippen LogP contribution >= 0.6 is 11.3 Å². The number of hydrogen-bond donors (Lipinski definition) is 2. The fourth-order valence-electron chi connectivity index (χ4n) is 3.66. The normalized spacial score (nSPS) is 18.9. The number of para-hydroxylation sites is 1. The summed E-state index contributed by atoms with van der Waals surface area (Å²) in [5.74, 6) is -0.392. The first-order chi connectivity index (χ1) is 14.6. The zero-order valence-electron chi connectivity index (χ0n) is 18.2. The van der Waals surface area contributed by atoms with Gasteiger partial charge >= 0.3 is 12.2 Å². The SMILES string of the molecule is CCOC(=O)N[C@@]1([C@@H](NC(=O)OC(C)(C)C)c2cccs2)C(=O)N(C)c2ccccc21. The number of fused-ring (bicyclic) bond motifs is 1. The highest BCUT2D eigenvalue weighted by molar-refractivity contribution is 7.10. The van der Waals surface area contributed by atoms with Gasteiger partial charge in [-0.15, -0.1) is 11.3 Å². The first-order valence-electron chi connectivity index (χ1n) is 9.95. The van der Waals surface area contributed by atoms with E-state index in [9.17, 15) is 14.4 Å². The van der Waals surface area contributed by atoms with Gasteiger partial charge in [0.15, 0.2) is 5.54 Å². The average molecular weight is 446 g/mol. The second kappa shape index (κ2) is 8.58. The van der Waals surface area contributed by atoms with E-state index in [0.717, 1.165) is 0 Å². The Balaban J connectivity index is 2.17. The van der Waals surface area contributed by atoms with E-state index in [2.05, 4.69) is 10.6 Å². The Kier molecular flexibility index (Phi) is 6.26. The Morgan fingerprint density at radius 1 is 1.16 bits per heavy atom. The molecule has 166 valence electrons. The predicted octanol–water partition coefficient (Wildman–Crippen LogP) is 3.93. The molecule has 0 radical (unpaired) electrons. The summed E-state index contributed by atoms with van der Waals surface area (Å²) in [6, 6.07) is 9.84. The van der Waals surface area contributed by atoms with E-state index >= 15 is 0 Å². The van der Waals surface area contributed by atoms with Gasteiger partial charge < -0.3 is 25.0 Å². The number of carbonyl (C=O) groups excluding carboxylic acids is 3. The van der Waals surface area contributed by atoms with Crippen LogP contribution < -0.4 is 15.5 Å². The van der Waals surface area contributed by atoms with Gasteiger partial charge in [0.05, 0.1) is 6.61 Å². The van der Waals surface area contributed by atoms with E-state index in [1.165, 1.54) is 16.2 Å². The number of nitrogens with zero attached hydrogens (tertiary/aromatic N) is 1. The van der Waals surface area contributed by atoms with Crippen molar-refractivity contribution in [2.24, 2.45) is 0 Å². The zero-order valence-corrected chi connectivity index (χ0v) is 19.0. The topological polar surface area (TPSA) is 97.0 Å². The minimum Gasteiger partial charge on any atom is -0.450 e. The second-order valence-corrected chi connectivity index (χ2v) is 9.11. The summed E-state index contributed by atoms with van der Waals surface area (Å²) in [6.07, 6.45) is -1.45. The molecule has 0 fully saturated rings. The van der Waals surface area contributed by atoms with Gasteiger partial charge in [-0.1, -0.05) is 24.3 Å². The van der Waals surface area contributed by atoms with Gasteiger partial charge in [0, 0.05) is 23.2 Å². The van der Waals surface area contributed by atoms with Gasteiger partial charge in [0.25, 0.3) is 5.91 Å². The lowest BCUT2D eigenvalue weighted by Gasteiger charge is -2.37. The molecular weight excluding hydrogens is 418 g/mol. The second-order valence-electron chi connectivity index (χ2n) is 8.13. The number of rotatable bonds is 5.